The molecule has 2 heterocycles. The Morgan fingerprint density at radius 3 is 2.57 bits per heavy atom. The number of fused-ring (bicyclic) bond motifs is 1. The fourth-order valence-corrected chi connectivity index (χ4v) is 3.38. The normalized spacial score (nSPS) is 16.0. The molecule has 2 amide bonds. The molecule has 1 unspecified atom stereocenters. The summed E-state index contributed by atoms with van der Waals surface area (Å²) in [6.45, 7) is 0. The number of nitrogens with two attached hydrogens (primary N) is 1. The van der Waals surface area contributed by atoms with Gasteiger partial charge in [0.25, 0.3) is 5.91 Å². The number of hydrogen-bond donors (Lipinski definition) is 3. The minimum Gasteiger partial charge on any atom is -0.397 e. The highest BCUT2D eigenvalue weighted by Gasteiger charge is 2.28. The van der Waals surface area contributed by atoms with Gasteiger partial charge in [-0.05, 0) is 35.4 Å². The molecule has 0 saturated heterocycles. The smallest absolute Gasteiger partial charge is 0.254 e. The van der Waals surface area contributed by atoms with E-state index in [0.717, 1.165) is 16.7 Å². The van der Waals surface area contributed by atoms with Crippen LogP contribution in [-0.4, -0.2) is 22.8 Å². The molecule has 0 fully saturated rings. The summed E-state index contributed by atoms with van der Waals surface area (Å²) in [6, 6.07) is 13.7. The molecule has 6 nitrogen and oxygen atoms in total. The molecule has 0 radical (unpaired) electrons. The lowest BCUT2D eigenvalue weighted by atomic mass is 10.00. The Hall–Kier alpha value is -3.38. The van der Waals surface area contributed by atoms with Gasteiger partial charge in [-0.2, -0.15) is 0 Å². The quantitative estimate of drug-likeness (QED) is 0.637. The van der Waals surface area contributed by atoms with Crippen LogP contribution in [0.15, 0.2) is 60.9 Å². The van der Waals surface area contributed by atoms with E-state index >= 15 is 0 Å². The molecule has 4 N–H and O–H groups in total. The predicted octanol–water partition coefficient (Wildman–Crippen LogP) is 3.28. The SMILES string of the molecule is Nc1cnccc1-c1ccc(CC2NC(=O)c3cc(Cl)ccc3NC2=O)cc1. The Labute approximate surface area is 166 Å². The van der Waals surface area contributed by atoms with Crippen LogP contribution in [0.3, 0.4) is 0 Å². The molecule has 140 valence electrons. The molecule has 1 atom stereocenters. The van der Waals surface area contributed by atoms with E-state index in [2.05, 4.69) is 15.6 Å². The average molecular weight is 393 g/mol. The van der Waals surface area contributed by atoms with Crippen LogP contribution >= 0.6 is 11.6 Å². The molecule has 7 heteroatoms. The number of benzene rings is 2. The summed E-state index contributed by atoms with van der Waals surface area (Å²) in [6.07, 6.45) is 3.67. The maximum absolute atomic E-state index is 12.6. The molecule has 1 aliphatic heterocycles. The number of nitrogens with zero attached hydrogens (tertiary/aromatic N) is 1. The van der Waals surface area contributed by atoms with Gasteiger partial charge < -0.3 is 16.4 Å². The van der Waals surface area contributed by atoms with E-state index in [1.165, 1.54) is 0 Å². The average Bonchev–Trinajstić information content (AvgIpc) is 2.80. The standard InChI is InChI=1S/C21H17ClN4O2/c22-14-5-6-18-16(10-14)20(27)26-19(21(28)25-18)9-12-1-3-13(4-2-12)15-7-8-24-11-17(15)23/h1-8,10-11,19H,9,23H2,(H,25,28)(H,26,27). The zero-order valence-electron chi connectivity index (χ0n) is 14.8. The van der Waals surface area contributed by atoms with Gasteiger partial charge in [0, 0.05) is 23.2 Å². The van der Waals surface area contributed by atoms with Crippen molar-refractivity contribution in [2.24, 2.45) is 0 Å². The number of aromatic nitrogens is 1. The van der Waals surface area contributed by atoms with Crippen LogP contribution in [0.4, 0.5) is 11.4 Å². The monoisotopic (exact) mass is 392 g/mol. The van der Waals surface area contributed by atoms with Crippen LogP contribution in [0.1, 0.15) is 15.9 Å². The maximum atomic E-state index is 12.6. The first kappa shape index (κ1) is 18.0. The van der Waals surface area contributed by atoms with Crippen molar-refractivity contribution in [2.45, 2.75) is 12.5 Å². The first-order valence-electron chi connectivity index (χ1n) is 8.71. The zero-order chi connectivity index (χ0) is 19.7. The molecular formula is C21H17ClN4O2. The van der Waals surface area contributed by atoms with Crippen molar-refractivity contribution in [3.8, 4) is 11.1 Å². The Bertz CT molecular complexity index is 1070. The minimum atomic E-state index is -0.685. The van der Waals surface area contributed by atoms with Crippen molar-refractivity contribution >= 4 is 34.8 Å². The lowest BCUT2D eigenvalue weighted by Gasteiger charge is -2.15. The van der Waals surface area contributed by atoms with Gasteiger partial charge in [-0.1, -0.05) is 35.9 Å². The fraction of sp³-hybridized carbons (Fsp3) is 0.0952. The van der Waals surface area contributed by atoms with Crippen molar-refractivity contribution in [1.82, 2.24) is 10.3 Å². The van der Waals surface area contributed by atoms with Gasteiger partial charge in [0.1, 0.15) is 6.04 Å². The lowest BCUT2D eigenvalue weighted by molar-refractivity contribution is -0.117. The molecule has 3 aromatic rings. The second kappa shape index (κ2) is 7.32. The van der Waals surface area contributed by atoms with Gasteiger partial charge in [-0.3, -0.25) is 14.6 Å². The summed E-state index contributed by atoms with van der Waals surface area (Å²) >= 11 is 5.97. The second-order valence-electron chi connectivity index (χ2n) is 6.57. The number of carbonyl (C=O) groups is 2. The third kappa shape index (κ3) is 3.54. The van der Waals surface area contributed by atoms with Crippen molar-refractivity contribution in [3.05, 3.63) is 77.1 Å². The first-order valence-corrected chi connectivity index (χ1v) is 9.09. The Morgan fingerprint density at radius 1 is 1.04 bits per heavy atom. The van der Waals surface area contributed by atoms with Crippen LogP contribution in [0.25, 0.3) is 11.1 Å². The molecule has 0 bridgehead atoms. The number of halogens is 1. The van der Waals surface area contributed by atoms with E-state index in [1.54, 1.807) is 30.6 Å². The summed E-state index contributed by atoms with van der Waals surface area (Å²) in [5, 5.41) is 6.01. The van der Waals surface area contributed by atoms with Gasteiger partial charge in [0.2, 0.25) is 5.91 Å². The number of pyridine rings is 1. The van der Waals surface area contributed by atoms with E-state index in [1.807, 2.05) is 30.3 Å². The molecule has 4 rings (SSSR count). The van der Waals surface area contributed by atoms with Gasteiger partial charge >= 0.3 is 0 Å². The van der Waals surface area contributed by atoms with Crippen LogP contribution in [0.5, 0.6) is 0 Å². The van der Waals surface area contributed by atoms with Gasteiger partial charge in [-0.15, -0.1) is 0 Å². The van der Waals surface area contributed by atoms with Gasteiger partial charge in [0.15, 0.2) is 0 Å². The summed E-state index contributed by atoms with van der Waals surface area (Å²) in [4.78, 5) is 29.1. The van der Waals surface area contributed by atoms with Crippen molar-refractivity contribution in [1.29, 1.82) is 0 Å². The highest BCUT2D eigenvalue weighted by molar-refractivity contribution is 6.31. The highest BCUT2D eigenvalue weighted by atomic mass is 35.5. The molecule has 1 aliphatic rings. The van der Waals surface area contributed by atoms with Crippen LogP contribution in [-0.2, 0) is 11.2 Å². The summed E-state index contributed by atoms with van der Waals surface area (Å²) in [7, 11) is 0. The van der Waals surface area contributed by atoms with Crippen molar-refractivity contribution in [2.75, 3.05) is 11.1 Å². The number of hydrogen-bond acceptors (Lipinski definition) is 4. The Kier molecular flexibility index (Phi) is 4.71. The number of amides is 2. The predicted molar refractivity (Wildman–Crippen MR) is 109 cm³/mol. The van der Waals surface area contributed by atoms with Crippen LogP contribution in [0.2, 0.25) is 5.02 Å². The molecule has 28 heavy (non-hydrogen) atoms. The number of nitrogens with one attached hydrogen (secondary N) is 2. The molecule has 1 aromatic heterocycles. The number of rotatable bonds is 3. The summed E-state index contributed by atoms with van der Waals surface area (Å²) in [5.41, 5.74) is 10.2. The van der Waals surface area contributed by atoms with Gasteiger partial charge in [-0.25, -0.2) is 0 Å². The van der Waals surface area contributed by atoms with Crippen molar-refractivity contribution < 1.29 is 9.59 Å². The maximum Gasteiger partial charge on any atom is 0.254 e. The minimum absolute atomic E-state index is 0.267. The highest BCUT2D eigenvalue weighted by Crippen LogP contribution is 2.26. The number of nitrogen functional groups attached to an aromatic ring is 1. The molecular weight excluding hydrogens is 376 g/mol. The topological polar surface area (TPSA) is 97.1 Å². The molecule has 0 aliphatic carbocycles. The molecule has 0 saturated carbocycles. The number of carbonyl (C=O) groups excluding carboxylic acids is 2. The van der Waals surface area contributed by atoms with E-state index in [9.17, 15) is 9.59 Å². The van der Waals surface area contributed by atoms with Crippen LogP contribution < -0.4 is 16.4 Å². The number of anilines is 2. The fourth-order valence-electron chi connectivity index (χ4n) is 3.20. The van der Waals surface area contributed by atoms with E-state index in [0.29, 0.717) is 28.4 Å². The van der Waals surface area contributed by atoms with E-state index < -0.39 is 6.04 Å². The Balaban J connectivity index is 1.54. The Morgan fingerprint density at radius 2 is 1.82 bits per heavy atom. The zero-order valence-corrected chi connectivity index (χ0v) is 15.5. The van der Waals surface area contributed by atoms with Crippen molar-refractivity contribution in [3.63, 3.8) is 0 Å². The summed E-state index contributed by atoms with van der Waals surface area (Å²) in [5.74, 6) is -0.598. The van der Waals surface area contributed by atoms with E-state index in [-0.39, 0.29) is 11.8 Å². The third-order valence-electron chi connectivity index (χ3n) is 4.66. The molecule has 2 aromatic carbocycles. The third-order valence-corrected chi connectivity index (χ3v) is 4.90. The van der Waals surface area contributed by atoms with E-state index in [4.69, 9.17) is 17.3 Å². The largest absolute Gasteiger partial charge is 0.397 e. The first-order chi connectivity index (χ1) is 13.5. The van der Waals surface area contributed by atoms with Gasteiger partial charge in [0.05, 0.1) is 23.1 Å². The second-order valence-corrected chi connectivity index (χ2v) is 7.01. The summed E-state index contributed by atoms with van der Waals surface area (Å²) < 4.78 is 0. The van der Waals surface area contributed by atoms with Crippen LogP contribution in [0, 0.1) is 0 Å². The lowest BCUT2D eigenvalue weighted by Crippen LogP contribution is -2.42. The molecule has 0 spiro atoms.